The van der Waals surface area contributed by atoms with E-state index in [2.05, 4.69) is 6.92 Å². The Morgan fingerprint density at radius 2 is 2.06 bits per heavy atom. The molecule has 0 fully saturated rings. The fourth-order valence-corrected chi connectivity index (χ4v) is 1.78. The van der Waals surface area contributed by atoms with Crippen LogP contribution in [0, 0.1) is 6.92 Å². The molecular weight excluding hydrogens is 202 g/mol. The summed E-state index contributed by atoms with van der Waals surface area (Å²) in [5.74, 6) is -0.781. The summed E-state index contributed by atoms with van der Waals surface area (Å²) in [6.07, 6.45) is 0.936. The molecule has 1 atom stereocenters. The van der Waals surface area contributed by atoms with Crippen LogP contribution in [0.2, 0.25) is 0 Å². The number of anilines is 1. The first kappa shape index (κ1) is 12.6. The standard InChI is InChI=1S/C13H19NO2/c1-4-9-14(11(3)13(15)16)12-8-6-5-7-10(12)2/h5-8,11H,4,9H2,1-3H3,(H,15,16). The minimum Gasteiger partial charge on any atom is -0.480 e. The monoisotopic (exact) mass is 221 g/mol. The minimum absolute atomic E-state index is 0.485. The Bertz CT molecular complexity index is 363. The van der Waals surface area contributed by atoms with Gasteiger partial charge in [0.2, 0.25) is 0 Å². The summed E-state index contributed by atoms with van der Waals surface area (Å²) >= 11 is 0. The molecule has 3 nitrogen and oxygen atoms in total. The van der Waals surface area contributed by atoms with Crippen LogP contribution in [0.5, 0.6) is 0 Å². The smallest absolute Gasteiger partial charge is 0.326 e. The molecule has 0 heterocycles. The first-order valence-electron chi connectivity index (χ1n) is 5.63. The molecule has 1 aromatic rings. The maximum Gasteiger partial charge on any atom is 0.326 e. The highest BCUT2D eigenvalue weighted by molar-refractivity contribution is 5.78. The summed E-state index contributed by atoms with van der Waals surface area (Å²) in [6.45, 7) is 6.55. The topological polar surface area (TPSA) is 40.5 Å². The molecule has 0 saturated heterocycles. The van der Waals surface area contributed by atoms with Crippen molar-refractivity contribution in [1.29, 1.82) is 0 Å². The molecule has 0 spiro atoms. The van der Waals surface area contributed by atoms with Gasteiger partial charge in [0, 0.05) is 12.2 Å². The molecule has 0 bridgehead atoms. The first-order valence-corrected chi connectivity index (χ1v) is 5.63. The van der Waals surface area contributed by atoms with Crippen LogP contribution in [0.1, 0.15) is 25.8 Å². The van der Waals surface area contributed by atoms with Crippen LogP contribution < -0.4 is 4.90 Å². The minimum atomic E-state index is -0.781. The average Bonchev–Trinajstić information content (AvgIpc) is 2.26. The lowest BCUT2D eigenvalue weighted by Gasteiger charge is -2.29. The summed E-state index contributed by atoms with van der Waals surface area (Å²) in [5.41, 5.74) is 2.13. The Balaban J connectivity index is 3.02. The summed E-state index contributed by atoms with van der Waals surface area (Å²) in [7, 11) is 0. The second kappa shape index (κ2) is 5.54. The molecular formula is C13H19NO2. The van der Waals surface area contributed by atoms with E-state index in [4.69, 9.17) is 5.11 Å². The number of carboxylic acids is 1. The van der Waals surface area contributed by atoms with Crippen molar-refractivity contribution in [2.24, 2.45) is 0 Å². The summed E-state index contributed by atoms with van der Waals surface area (Å²) < 4.78 is 0. The first-order chi connectivity index (χ1) is 7.57. The Labute approximate surface area is 96.7 Å². The van der Waals surface area contributed by atoms with Gasteiger partial charge in [0.15, 0.2) is 0 Å². The predicted molar refractivity (Wildman–Crippen MR) is 65.9 cm³/mol. The molecule has 0 aliphatic carbocycles. The van der Waals surface area contributed by atoms with E-state index in [1.165, 1.54) is 0 Å². The maximum absolute atomic E-state index is 11.1. The molecule has 0 saturated carbocycles. The third-order valence-electron chi connectivity index (χ3n) is 2.71. The van der Waals surface area contributed by atoms with Crippen molar-refractivity contribution in [2.45, 2.75) is 33.2 Å². The lowest BCUT2D eigenvalue weighted by Crippen LogP contribution is -2.40. The molecule has 88 valence electrons. The number of rotatable bonds is 5. The SMILES string of the molecule is CCCN(c1ccccc1C)C(C)C(=O)O. The van der Waals surface area contributed by atoms with Gasteiger partial charge in [-0.25, -0.2) is 4.79 Å². The Morgan fingerprint density at radius 3 is 2.56 bits per heavy atom. The van der Waals surface area contributed by atoms with E-state index < -0.39 is 12.0 Å². The van der Waals surface area contributed by atoms with Crippen molar-refractivity contribution in [3.63, 3.8) is 0 Å². The summed E-state index contributed by atoms with van der Waals surface area (Å²) in [5, 5.41) is 9.09. The second-order valence-corrected chi connectivity index (χ2v) is 3.99. The predicted octanol–water partition coefficient (Wildman–Crippen LogP) is 2.68. The Kier molecular flexibility index (Phi) is 4.35. The van der Waals surface area contributed by atoms with Crippen LogP contribution in [0.25, 0.3) is 0 Å². The fraction of sp³-hybridized carbons (Fsp3) is 0.462. The number of benzene rings is 1. The van der Waals surface area contributed by atoms with Gasteiger partial charge >= 0.3 is 5.97 Å². The van der Waals surface area contributed by atoms with Crippen LogP contribution in [0.3, 0.4) is 0 Å². The van der Waals surface area contributed by atoms with Crippen molar-refractivity contribution < 1.29 is 9.90 Å². The normalized spacial score (nSPS) is 12.2. The number of aliphatic carboxylic acids is 1. The van der Waals surface area contributed by atoms with Gasteiger partial charge in [0.25, 0.3) is 0 Å². The van der Waals surface area contributed by atoms with Crippen molar-refractivity contribution in [3.05, 3.63) is 29.8 Å². The van der Waals surface area contributed by atoms with Gasteiger partial charge in [-0.3, -0.25) is 0 Å². The number of para-hydroxylation sites is 1. The lowest BCUT2D eigenvalue weighted by molar-refractivity contribution is -0.138. The largest absolute Gasteiger partial charge is 0.480 e. The van der Waals surface area contributed by atoms with E-state index >= 15 is 0 Å². The molecule has 3 heteroatoms. The highest BCUT2D eigenvalue weighted by Crippen LogP contribution is 2.21. The molecule has 0 aliphatic heterocycles. The Morgan fingerprint density at radius 1 is 1.44 bits per heavy atom. The van der Waals surface area contributed by atoms with Gasteiger partial charge in [-0.05, 0) is 31.9 Å². The highest BCUT2D eigenvalue weighted by atomic mass is 16.4. The number of carbonyl (C=O) groups is 1. The highest BCUT2D eigenvalue weighted by Gasteiger charge is 2.20. The number of aryl methyl sites for hydroxylation is 1. The maximum atomic E-state index is 11.1. The van der Waals surface area contributed by atoms with Crippen molar-refractivity contribution in [1.82, 2.24) is 0 Å². The number of nitrogens with zero attached hydrogens (tertiary/aromatic N) is 1. The molecule has 0 aromatic heterocycles. The van der Waals surface area contributed by atoms with Gasteiger partial charge in [-0.1, -0.05) is 25.1 Å². The van der Waals surface area contributed by atoms with E-state index in [1.807, 2.05) is 36.1 Å². The molecule has 0 amide bonds. The molecule has 1 N–H and O–H groups in total. The van der Waals surface area contributed by atoms with Gasteiger partial charge in [-0.15, -0.1) is 0 Å². The van der Waals surface area contributed by atoms with Crippen molar-refractivity contribution in [3.8, 4) is 0 Å². The third kappa shape index (κ3) is 2.75. The quantitative estimate of drug-likeness (QED) is 0.831. The number of carboxylic acid groups (broad SMARTS) is 1. The van der Waals surface area contributed by atoms with Crippen LogP contribution in [0.4, 0.5) is 5.69 Å². The number of hydrogen-bond acceptors (Lipinski definition) is 2. The molecule has 16 heavy (non-hydrogen) atoms. The molecule has 1 rings (SSSR count). The average molecular weight is 221 g/mol. The summed E-state index contributed by atoms with van der Waals surface area (Å²) in [4.78, 5) is 13.0. The lowest BCUT2D eigenvalue weighted by atomic mass is 10.1. The molecule has 0 radical (unpaired) electrons. The van der Waals surface area contributed by atoms with E-state index in [0.29, 0.717) is 0 Å². The van der Waals surface area contributed by atoms with E-state index in [0.717, 1.165) is 24.2 Å². The van der Waals surface area contributed by atoms with Gasteiger partial charge in [0.05, 0.1) is 0 Å². The van der Waals surface area contributed by atoms with Crippen molar-refractivity contribution >= 4 is 11.7 Å². The molecule has 0 aliphatic rings. The molecule has 1 unspecified atom stereocenters. The van der Waals surface area contributed by atoms with Crippen LogP contribution in [0.15, 0.2) is 24.3 Å². The van der Waals surface area contributed by atoms with E-state index in [9.17, 15) is 4.79 Å². The number of hydrogen-bond donors (Lipinski definition) is 1. The van der Waals surface area contributed by atoms with E-state index in [1.54, 1.807) is 6.92 Å². The van der Waals surface area contributed by atoms with Gasteiger partial charge < -0.3 is 10.0 Å². The fourth-order valence-electron chi connectivity index (χ4n) is 1.78. The zero-order valence-corrected chi connectivity index (χ0v) is 10.1. The van der Waals surface area contributed by atoms with Gasteiger partial charge in [0.1, 0.15) is 6.04 Å². The molecule has 1 aromatic carbocycles. The van der Waals surface area contributed by atoms with Crippen LogP contribution in [-0.4, -0.2) is 23.7 Å². The van der Waals surface area contributed by atoms with E-state index in [-0.39, 0.29) is 0 Å². The zero-order valence-electron chi connectivity index (χ0n) is 10.1. The van der Waals surface area contributed by atoms with Crippen LogP contribution >= 0.6 is 0 Å². The zero-order chi connectivity index (χ0) is 12.1. The second-order valence-electron chi connectivity index (χ2n) is 3.99. The van der Waals surface area contributed by atoms with Gasteiger partial charge in [-0.2, -0.15) is 0 Å². The summed E-state index contributed by atoms with van der Waals surface area (Å²) in [6, 6.07) is 7.41. The van der Waals surface area contributed by atoms with Crippen molar-refractivity contribution in [2.75, 3.05) is 11.4 Å². The Hall–Kier alpha value is -1.51. The van der Waals surface area contributed by atoms with Crippen LogP contribution in [-0.2, 0) is 4.79 Å². The third-order valence-corrected chi connectivity index (χ3v) is 2.71.